The molecule has 0 aliphatic carbocycles. The van der Waals surface area contributed by atoms with Gasteiger partial charge in [0.15, 0.2) is 0 Å². The lowest BCUT2D eigenvalue weighted by molar-refractivity contribution is -0.142. The molecule has 0 saturated heterocycles. The van der Waals surface area contributed by atoms with Gasteiger partial charge in [0.2, 0.25) is 0 Å². The normalized spacial score (nSPS) is 9.62. The summed E-state index contributed by atoms with van der Waals surface area (Å²) in [7, 11) is 0. The Morgan fingerprint density at radius 2 is 2.25 bits per heavy atom. The molecule has 0 radical (unpaired) electrons. The molecule has 84 valence electrons. The van der Waals surface area contributed by atoms with Gasteiger partial charge in [-0.15, -0.1) is 0 Å². The number of hydrogen-bond donors (Lipinski definition) is 0. The van der Waals surface area contributed by atoms with Crippen LogP contribution < -0.4 is 0 Å². The molecule has 0 amide bonds. The van der Waals surface area contributed by atoms with Gasteiger partial charge in [-0.2, -0.15) is 5.26 Å². The summed E-state index contributed by atoms with van der Waals surface area (Å²) >= 11 is 0. The van der Waals surface area contributed by atoms with Crippen molar-refractivity contribution in [3.8, 4) is 6.07 Å². The number of carbonyl (C=O) groups is 1. The second-order valence-electron chi connectivity index (χ2n) is 3.45. The monoisotopic (exact) mass is 218 g/mol. The number of hydrogen-bond acceptors (Lipinski definition) is 4. The van der Waals surface area contributed by atoms with Crippen molar-refractivity contribution in [3.05, 3.63) is 28.6 Å². The van der Waals surface area contributed by atoms with Crippen LogP contribution in [-0.2, 0) is 16.0 Å². The zero-order chi connectivity index (χ0) is 12.1. The molecule has 1 heterocycles. The Labute approximate surface area is 94.9 Å². The van der Waals surface area contributed by atoms with Gasteiger partial charge in [0.05, 0.1) is 18.6 Å². The molecule has 0 unspecified atom stereocenters. The SMILES string of the molecule is CCOC(=O)Cc1c(C)ncc(C#N)c1C. The summed E-state index contributed by atoms with van der Waals surface area (Å²) < 4.78 is 4.88. The smallest absolute Gasteiger partial charge is 0.310 e. The number of aromatic nitrogens is 1. The Morgan fingerprint density at radius 1 is 1.56 bits per heavy atom. The Kier molecular flexibility index (Phi) is 4.01. The van der Waals surface area contributed by atoms with E-state index < -0.39 is 0 Å². The van der Waals surface area contributed by atoms with Gasteiger partial charge in [0.1, 0.15) is 6.07 Å². The standard InChI is InChI=1S/C12H14N2O2/c1-4-16-12(15)5-11-8(2)10(6-13)7-14-9(11)3/h7H,4-5H2,1-3H3. The number of aryl methyl sites for hydroxylation is 1. The Hall–Kier alpha value is -1.89. The molecule has 1 aromatic rings. The summed E-state index contributed by atoms with van der Waals surface area (Å²) in [6.45, 7) is 5.77. The second kappa shape index (κ2) is 5.26. The minimum Gasteiger partial charge on any atom is -0.466 e. The number of carbonyl (C=O) groups excluding carboxylic acids is 1. The Bertz CT molecular complexity index is 447. The van der Waals surface area contributed by atoms with Crippen LogP contribution in [0, 0.1) is 25.2 Å². The third-order valence-corrected chi connectivity index (χ3v) is 2.43. The van der Waals surface area contributed by atoms with Crippen LogP contribution >= 0.6 is 0 Å². The molecule has 0 fully saturated rings. The van der Waals surface area contributed by atoms with Crippen LogP contribution in [0.3, 0.4) is 0 Å². The summed E-state index contributed by atoms with van der Waals surface area (Å²) in [5, 5.41) is 8.87. The summed E-state index contributed by atoms with van der Waals surface area (Å²) in [5.74, 6) is -0.286. The zero-order valence-corrected chi connectivity index (χ0v) is 9.70. The first kappa shape index (κ1) is 12.2. The molecule has 1 rings (SSSR count). The quantitative estimate of drug-likeness (QED) is 0.724. The summed E-state index contributed by atoms with van der Waals surface area (Å²) in [6.07, 6.45) is 1.70. The fraction of sp³-hybridized carbons (Fsp3) is 0.417. The molecular formula is C12H14N2O2. The summed E-state index contributed by atoms with van der Waals surface area (Å²) in [4.78, 5) is 15.5. The predicted molar refractivity (Wildman–Crippen MR) is 58.8 cm³/mol. The van der Waals surface area contributed by atoms with Gasteiger partial charge in [-0.25, -0.2) is 0 Å². The molecule has 0 aromatic carbocycles. The van der Waals surface area contributed by atoms with Crippen molar-refractivity contribution in [3.63, 3.8) is 0 Å². The molecule has 0 aliphatic heterocycles. The highest BCUT2D eigenvalue weighted by molar-refractivity contribution is 5.73. The van der Waals surface area contributed by atoms with Crippen molar-refractivity contribution in [2.75, 3.05) is 6.61 Å². The minimum atomic E-state index is -0.286. The van der Waals surface area contributed by atoms with Crippen LogP contribution in [0.4, 0.5) is 0 Å². The van der Waals surface area contributed by atoms with Crippen molar-refractivity contribution in [2.45, 2.75) is 27.2 Å². The largest absolute Gasteiger partial charge is 0.466 e. The van der Waals surface area contributed by atoms with Gasteiger partial charge in [-0.3, -0.25) is 9.78 Å². The molecule has 0 saturated carbocycles. The highest BCUT2D eigenvalue weighted by atomic mass is 16.5. The van der Waals surface area contributed by atoms with E-state index >= 15 is 0 Å². The Morgan fingerprint density at radius 3 is 2.81 bits per heavy atom. The van der Waals surface area contributed by atoms with Crippen molar-refractivity contribution < 1.29 is 9.53 Å². The fourth-order valence-corrected chi connectivity index (χ4v) is 1.50. The molecule has 0 aliphatic rings. The highest BCUT2D eigenvalue weighted by Crippen LogP contribution is 2.16. The van der Waals surface area contributed by atoms with E-state index in [1.54, 1.807) is 6.92 Å². The molecule has 0 N–H and O–H groups in total. The van der Waals surface area contributed by atoms with Crippen LogP contribution in [0.15, 0.2) is 6.20 Å². The van der Waals surface area contributed by atoms with E-state index in [-0.39, 0.29) is 12.4 Å². The lowest BCUT2D eigenvalue weighted by Crippen LogP contribution is -2.11. The number of ether oxygens (including phenoxy) is 1. The molecule has 4 heteroatoms. The average molecular weight is 218 g/mol. The fourth-order valence-electron chi connectivity index (χ4n) is 1.50. The first-order valence-electron chi connectivity index (χ1n) is 5.11. The van der Waals surface area contributed by atoms with Crippen LogP contribution in [-0.4, -0.2) is 17.6 Å². The number of nitriles is 1. The van der Waals surface area contributed by atoms with Gasteiger partial charge in [0, 0.05) is 11.9 Å². The average Bonchev–Trinajstić information content (AvgIpc) is 2.25. The van der Waals surface area contributed by atoms with E-state index in [9.17, 15) is 4.79 Å². The van der Waals surface area contributed by atoms with Gasteiger partial charge >= 0.3 is 5.97 Å². The molecule has 1 aromatic heterocycles. The van der Waals surface area contributed by atoms with E-state index in [4.69, 9.17) is 10.00 Å². The topological polar surface area (TPSA) is 63.0 Å². The van der Waals surface area contributed by atoms with E-state index in [2.05, 4.69) is 11.1 Å². The van der Waals surface area contributed by atoms with Crippen LogP contribution in [0.5, 0.6) is 0 Å². The number of nitrogens with zero attached hydrogens (tertiary/aromatic N) is 2. The lowest BCUT2D eigenvalue weighted by Gasteiger charge is -2.09. The van der Waals surface area contributed by atoms with Crippen molar-refractivity contribution in [2.24, 2.45) is 0 Å². The molecule has 0 bridgehead atoms. The molecule has 4 nitrogen and oxygen atoms in total. The maximum atomic E-state index is 11.4. The summed E-state index contributed by atoms with van der Waals surface area (Å²) in [6, 6.07) is 2.05. The number of esters is 1. The molecule has 0 spiro atoms. The van der Waals surface area contributed by atoms with Gasteiger partial charge < -0.3 is 4.74 Å². The van der Waals surface area contributed by atoms with Gasteiger partial charge in [-0.1, -0.05) is 0 Å². The molecule has 16 heavy (non-hydrogen) atoms. The Balaban J connectivity index is 3.04. The highest BCUT2D eigenvalue weighted by Gasteiger charge is 2.13. The lowest BCUT2D eigenvalue weighted by atomic mass is 10.0. The number of rotatable bonds is 3. The van der Waals surface area contributed by atoms with Crippen LogP contribution in [0.2, 0.25) is 0 Å². The third kappa shape index (κ3) is 2.57. The predicted octanol–water partition coefficient (Wildman–Crippen LogP) is 1.68. The van der Waals surface area contributed by atoms with E-state index in [1.165, 1.54) is 6.20 Å². The van der Waals surface area contributed by atoms with Crippen LogP contribution in [0.1, 0.15) is 29.3 Å². The van der Waals surface area contributed by atoms with Crippen LogP contribution in [0.25, 0.3) is 0 Å². The second-order valence-corrected chi connectivity index (χ2v) is 3.45. The van der Waals surface area contributed by atoms with Gasteiger partial charge in [0.25, 0.3) is 0 Å². The maximum absolute atomic E-state index is 11.4. The maximum Gasteiger partial charge on any atom is 0.310 e. The van der Waals surface area contributed by atoms with Crippen molar-refractivity contribution in [1.29, 1.82) is 5.26 Å². The van der Waals surface area contributed by atoms with Crippen molar-refractivity contribution >= 4 is 5.97 Å². The number of pyridine rings is 1. The van der Waals surface area contributed by atoms with E-state index in [0.717, 1.165) is 16.8 Å². The third-order valence-electron chi connectivity index (χ3n) is 2.43. The molecule has 0 atom stereocenters. The van der Waals surface area contributed by atoms with Gasteiger partial charge in [-0.05, 0) is 31.9 Å². The molecular weight excluding hydrogens is 204 g/mol. The van der Waals surface area contributed by atoms with Crippen molar-refractivity contribution in [1.82, 2.24) is 4.98 Å². The zero-order valence-electron chi connectivity index (χ0n) is 9.70. The first-order chi connectivity index (χ1) is 7.60. The minimum absolute atomic E-state index is 0.175. The van der Waals surface area contributed by atoms with E-state index in [0.29, 0.717) is 12.2 Å². The van der Waals surface area contributed by atoms with E-state index in [1.807, 2.05) is 13.8 Å². The first-order valence-corrected chi connectivity index (χ1v) is 5.11. The summed E-state index contributed by atoms with van der Waals surface area (Å²) in [5.41, 5.74) is 2.87.